The molecule has 43 valence electrons. The molecule has 0 saturated carbocycles. The molecule has 1 aromatic rings. The van der Waals surface area contributed by atoms with Crippen molar-refractivity contribution in [2.24, 2.45) is 0 Å². The van der Waals surface area contributed by atoms with E-state index in [9.17, 15) is 0 Å². The van der Waals surface area contributed by atoms with Crippen LogP contribution in [0.15, 0.2) is 21.6 Å². The molecule has 1 nitrogen and oxygen atoms in total. The van der Waals surface area contributed by atoms with Crippen LogP contribution in [0.2, 0.25) is 0 Å². The van der Waals surface area contributed by atoms with Gasteiger partial charge in [0.15, 0.2) is 0 Å². The topological polar surface area (TPSA) is 13.1 Å². The third-order valence-electron chi connectivity index (χ3n) is 0.901. The maximum Gasteiger partial charge on any atom is 0.115 e. The number of hydrogen-bond donors (Lipinski definition) is 0. The summed E-state index contributed by atoms with van der Waals surface area (Å²) in [6, 6.07) is 1.87. The van der Waals surface area contributed by atoms with Gasteiger partial charge in [-0.25, -0.2) is 0 Å². The van der Waals surface area contributed by atoms with E-state index in [1.54, 1.807) is 6.26 Å². The molecule has 1 radical (unpaired) electrons. The highest BCUT2D eigenvalue weighted by atomic mass is 33.1. The molecule has 0 spiro atoms. The zero-order valence-corrected chi connectivity index (χ0v) is 6.01. The first-order chi connectivity index (χ1) is 3.84. The number of rotatable bonds is 1. The van der Waals surface area contributed by atoms with E-state index >= 15 is 0 Å². The molecule has 0 amide bonds. The van der Waals surface area contributed by atoms with E-state index in [0.29, 0.717) is 0 Å². The monoisotopic (exact) mass is 145 g/mol. The fraction of sp³-hybridized carbons (Fsp3) is 0.200. The molecule has 0 saturated heterocycles. The van der Waals surface area contributed by atoms with Gasteiger partial charge in [-0.1, -0.05) is 0 Å². The van der Waals surface area contributed by atoms with Crippen molar-refractivity contribution in [3.8, 4) is 0 Å². The van der Waals surface area contributed by atoms with Crippen molar-refractivity contribution < 1.29 is 4.42 Å². The predicted molar refractivity (Wildman–Crippen MR) is 36.9 cm³/mol. The van der Waals surface area contributed by atoms with Crippen LogP contribution in [0.4, 0.5) is 0 Å². The Balaban J connectivity index is 2.92. The first-order valence-electron chi connectivity index (χ1n) is 2.18. The highest BCUT2D eigenvalue weighted by Gasteiger charge is 1.96. The Hall–Kier alpha value is -0.0200. The molecule has 3 heteroatoms. The Morgan fingerprint density at radius 2 is 2.50 bits per heavy atom. The zero-order valence-electron chi connectivity index (χ0n) is 4.38. The maximum atomic E-state index is 4.97. The van der Waals surface area contributed by atoms with E-state index < -0.39 is 0 Å². The first kappa shape index (κ1) is 6.11. The maximum absolute atomic E-state index is 4.97. The summed E-state index contributed by atoms with van der Waals surface area (Å²) in [6.45, 7) is 1.90. The molecule has 1 aromatic heterocycles. The molecule has 0 fully saturated rings. The van der Waals surface area contributed by atoms with E-state index in [4.69, 9.17) is 16.1 Å². The van der Waals surface area contributed by atoms with Gasteiger partial charge in [-0.3, -0.25) is 0 Å². The normalized spacial score (nSPS) is 9.75. The molecule has 1 rings (SSSR count). The van der Waals surface area contributed by atoms with Crippen molar-refractivity contribution in [3.63, 3.8) is 0 Å². The van der Waals surface area contributed by atoms with Crippen molar-refractivity contribution in [2.45, 2.75) is 11.8 Å². The molecule has 0 aliphatic carbocycles. The molecule has 0 unspecified atom stereocenters. The van der Waals surface area contributed by atoms with Crippen molar-refractivity contribution in [1.29, 1.82) is 0 Å². The van der Waals surface area contributed by atoms with Crippen LogP contribution in [0.5, 0.6) is 0 Å². The van der Waals surface area contributed by atoms with Gasteiger partial charge in [0.25, 0.3) is 0 Å². The minimum atomic E-state index is 0.907. The smallest absolute Gasteiger partial charge is 0.115 e. The Morgan fingerprint density at radius 1 is 1.75 bits per heavy atom. The van der Waals surface area contributed by atoms with Crippen molar-refractivity contribution >= 4 is 22.5 Å². The fourth-order valence-electron chi connectivity index (χ4n) is 0.460. The Morgan fingerprint density at radius 3 is 2.75 bits per heavy atom. The number of aryl methyl sites for hydroxylation is 1. The molecule has 0 aliphatic rings. The largest absolute Gasteiger partial charge is 0.468 e. The third-order valence-corrected chi connectivity index (χ3v) is 2.04. The Bertz CT molecular complexity index is 171. The van der Waals surface area contributed by atoms with E-state index in [-0.39, 0.29) is 0 Å². The lowest BCUT2D eigenvalue weighted by molar-refractivity contribution is 0.527. The molecule has 0 atom stereocenters. The summed E-state index contributed by atoms with van der Waals surface area (Å²) >= 11 is 4.72. The lowest BCUT2D eigenvalue weighted by Crippen LogP contribution is -1.60. The van der Waals surface area contributed by atoms with Crippen LogP contribution in [0.1, 0.15) is 5.76 Å². The van der Waals surface area contributed by atoms with Crippen LogP contribution in [0, 0.1) is 6.92 Å². The average Bonchev–Trinajstić information content (AvgIpc) is 2.14. The van der Waals surface area contributed by atoms with Crippen LogP contribution in [0.25, 0.3) is 0 Å². The van der Waals surface area contributed by atoms with Gasteiger partial charge < -0.3 is 4.42 Å². The van der Waals surface area contributed by atoms with Crippen LogP contribution in [-0.2, 0) is 0 Å². The summed E-state index contributed by atoms with van der Waals surface area (Å²) in [7, 11) is 1.29. The summed E-state index contributed by atoms with van der Waals surface area (Å²) in [6.07, 6.45) is 1.64. The van der Waals surface area contributed by atoms with Crippen LogP contribution in [0.3, 0.4) is 0 Å². The van der Waals surface area contributed by atoms with Crippen LogP contribution >= 0.6 is 22.5 Å². The van der Waals surface area contributed by atoms with Crippen LogP contribution < -0.4 is 0 Å². The van der Waals surface area contributed by atoms with Crippen molar-refractivity contribution in [3.05, 3.63) is 18.1 Å². The van der Waals surface area contributed by atoms with Crippen molar-refractivity contribution in [2.75, 3.05) is 0 Å². The van der Waals surface area contributed by atoms with Gasteiger partial charge in [-0.2, -0.15) is 0 Å². The average molecular weight is 145 g/mol. The Labute approximate surface area is 57.3 Å². The van der Waals surface area contributed by atoms with E-state index in [2.05, 4.69) is 0 Å². The van der Waals surface area contributed by atoms with Gasteiger partial charge in [0.1, 0.15) is 5.76 Å². The van der Waals surface area contributed by atoms with Gasteiger partial charge in [0.2, 0.25) is 0 Å². The van der Waals surface area contributed by atoms with Crippen molar-refractivity contribution in [1.82, 2.24) is 0 Å². The van der Waals surface area contributed by atoms with Gasteiger partial charge in [-0.05, 0) is 35.4 Å². The SMILES string of the molecule is Cc1occc1S[S]. The molecule has 0 N–H and O–H groups in total. The predicted octanol–water partition coefficient (Wildman–Crippen LogP) is 2.79. The summed E-state index contributed by atoms with van der Waals surface area (Å²) in [5, 5.41) is 0. The van der Waals surface area contributed by atoms with E-state index in [1.807, 2.05) is 13.0 Å². The first-order valence-corrected chi connectivity index (χ1v) is 3.92. The molecule has 0 bridgehead atoms. The fourth-order valence-corrected chi connectivity index (χ4v) is 1.26. The minimum Gasteiger partial charge on any atom is -0.468 e. The van der Waals surface area contributed by atoms with Gasteiger partial charge in [0, 0.05) is 0 Å². The summed E-state index contributed by atoms with van der Waals surface area (Å²) < 4.78 is 4.97. The second-order valence-corrected chi connectivity index (χ2v) is 2.53. The highest BCUT2D eigenvalue weighted by molar-refractivity contribution is 8.68. The van der Waals surface area contributed by atoms with Gasteiger partial charge in [-0.15, -0.1) is 0 Å². The molecule has 1 heterocycles. The quantitative estimate of drug-likeness (QED) is 0.564. The van der Waals surface area contributed by atoms with Gasteiger partial charge >= 0.3 is 0 Å². The number of furan rings is 1. The molecular weight excluding hydrogens is 140 g/mol. The van der Waals surface area contributed by atoms with Gasteiger partial charge in [0.05, 0.1) is 11.2 Å². The molecule has 0 aliphatic heterocycles. The van der Waals surface area contributed by atoms with Crippen LogP contribution in [-0.4, -0.2) is 0 Å². The minimum absolute atomic E-state index is 0.907. The highest BCUT2D eigenvalue weighted by Crippen LogP contribution is 2.25. The summed E-state index contributed by atoms with van der Waals surface area (Å²) in [5.41, 5.74) is 0. The second kappa shape index (κ2) is 2.51. The summed E-state index contributed by atoms with van der Waals surface area (Å²) in [5.74, 6) is 0.907. The molecule has 8 heavy (non-hydrogen) atoms. The zero-order chi connectivity index (χ0) is 5.98. The standard InChI is InChI=1S/C5H5OS2/c1-4-5(8-7)2-3-6-4/h2-3H,1H3. The Kier molecular flexibility index (Phi) is 1.91. The lowest BCUT2D eigenvalue weighted by Gasteiger charge is -1.84. The lowest BCUT2D eigenvalue weighted by atomic mass is 10.5. The van der Waals surface area contributed by atoms with E-state index in [0.717, 1.165) is 10.7 Å². The number of hydrogen-bond acceptors (Lipinski definition) is 2. The summed E-state index contributed by atoms with van der Waals surface area (Å²) in [4.78, 5) is 1.04. The molecule has 0 aromatic carbocycles. The third kappa shape index (κ3) is 1.03. The molecular formula is C5H5OS2. The second-order valence-electron chi connectivity index (χ2n) is 1.42. The van der Waals surface area contributed by atoms with E-state index in [1.165, 1.54) is 10.8 Å².